The highest BCUT2D eigenvalue weighted by atomic mass is 32.1. The molecule has 5 aromatic rings. The van der Waals surface area contributed by atoms with Crippen molar-refractivity contribution in [2.75, 3.05) is 19.5 Å². The zero-order valence-corrected chi connectivity index (χ0v) is 20.3. The summed E-state index contributed by atoms with van der Waals surface area (Å²) in [6.45, 7) is 2.01. The lowest BCUT2D eigenvalue weighted by atomic mass is 10.0. The largest absolute Gasteiger partial charge is 0.497 e. The van der Waals surface area contributed by atoms with Gasteiger partial charge in [0.25, 0.3) is 5.91 Å². The average Bonchev–Trinajstić information content (AvgIpc) is 3.27. The lowest BCUT2D eigenvalue weighted by Crippen LogP contribution is -2.13. The fourth-order valence-electron chi connectivity index (χ4n) is 3.99. The molecular weight excluding hydrogens is 458 g/mol. The zero-order chi connectivity index (χ0) is 24.4. The number of methoxy groups -OCH3 is 2. The second kappa shape index (κ2) is 9.56. The van der Waals surface area contributed by atoms with Crippen molar-refractivity contribution in [3.8, 4) is 34.0 Å². The number of nitrogens with zero attached hydrogens (tertiary/aromatic N) is 2. The summed E-state index contributed by atoms with van der Waals surface area (Å²) < 4.78 is 10.9. The van der Waals surface area contributed by atoms with Crippen LogP contribution in [-0.2, 0) is 0 Å². The molecule has 2 aromatic heterocycles. The van der Waals surface area contributed by atoms with Crippen LogP contribution in [0.5, 0.6) is 11.5 Å². The van der Waals surface area contributed by atoms with Gasteiger partial charge in [-0.05, 0) is 31.2 Å². The monoisotopic (exact) mass is 481 g/mol. The van der Waals surface area contributed by atoms with Crippen LogP contribution in [-0.4, -0.2) is 30.1 Å². The highest BCUT2D eigenvalue weighted by Gasteiger charge is 2.18. The van der Waals surface area contributed by atoms with E-state index in [-0.39, 0.29) is 5.91 Å². The van der Waals surface area contributed by atoms with E-state index < -0.39 is 0 Å². The maximum atomic E-state index is 13.5. The lowest BCUT2D eigenvalue weighted by Gasteiger charge is -2.13. The standard InChI is InChI=1S/C28H23N3O3S/c1-17-26(18-9-5-4-6-10-18)30-28(35-17)31-27(32)22-16-24(29-23-12-8-7-11-20(22)23)21-14-13-19(33-2)15-25(21)34-3/h4-16H,1-3H3,(H,30,31,32). The first kappa shape index (κ1) is 22.6. The highest BCUT2D eigenvalue weighted by molar-refractivity contribution is 7.16. The summed E-state index contributed by atoms with van der Waals surface area (Å²) >= 11 is 1.46. The van der Waals surface area contributed by atoms with Gasteiger partial charge in [-0.25, -0.2) is 9.97 Å². The number of anilines is 1. The Hall–Kier alpha value is -4.23. The molecule has 7 heteroatoms. The Kier molecular flexibility index (Phi) is 6.16. The number of nitrogens with one attached hydrogen (secondary N) is 1. The van der Waals surface area contributed by atoms with Crippen LogP contribution in [0.3, 0.4) is 0 Å². The number of hydrogen-bond donors (Lipinski definition) is 1. The molecule has 0 atom stereocenters. The highest BCUT2D eigenvalue weighted by Crippen LogP contribution is 2.35. The second-order valence-electron chi connectivity index (χ2n) is 7.88. The summed E-state index contributed by atoms with van der Waals surface area (Å²) in [5, 5.41) is 4.31. The number of rotatable bonds is 6. The third-order valence-electron chi connectivity index (χ3n) is 5.71. The molecule has 0 radical (unpaired) electrons. The number of para-hydroxylation sites is 1. The van der Waals surface area contributed by atoms with Gasteiger partial charge < -0.3 is 9.47 Å². The fraction of sp³-hybridized carbons (Fsp3) is 0.107. The van der Waals surface area contributed by atoms with Crippen LogP contribution >= 0.6 is 11.3 Å². The minimum Gasteiger partial charge on any atom is -0.497 e. The minimum atomic E-state index is -0.245. The van der Waals surface area contributed by atoms with Crippen molar-refractivity contribution in [3.05, 3.63) is 89.3 Å². The molecule has 0 aliphatic carbocycles. The summed E-state index contributed by atoms with van der Waals surface area (Å²) in [6.07, 6.45) is 0. The van der Waals surface area contributed by atoms with Crippen LogP contribution in [0, 0.1) is 6.92 Å². The number of pyridine rings is 1. The van der Waals surface area contributed by atoms with Crippen molar-refractivity contribution in [3.63, 3.8) is 0 Å². The van der Waals surface area contributed by atoms with Gasteiger partial charge in [0.1, 0.15) is 11.5 Å². The predicted molar refractivity (Wildman–Crippen MR) is 141 cm³/mol. The molecule has 6 nitrogen and oxygen atoms in total. The van der Waals surface area contributed by atoms with Crippen LogP contribution < -0.4 is 14.8 Å². The average molecular weight is 482 g/mol. The number of amides is 1. The van der Waals surface area contributed by atoms with Crippen LogP contribution in [0.25, 0.3) is 33.4 Å². The van der Waals surface area contributed by atoms with Crippen molar-refractivity contribution < 1.29 is 14.3 Å². The Morgan fingerprint density at radius 3 is 2.43 bits per heavy atom. The van der Waals surface area contributed by atoms with E-state index in [0.717, 1.165) is 27.1 Å². The Morgan fingerprint density at radius 2 is 1.66 bits per heavy atom. The molecule has 0 bridgehead atoms. The quantitative estimate of drug-likeness (QED) is 0.296. The van der Waals surface area contributed by atoms with Gasteiger partial charge in [-0.3, -0.25) is 10.1 Å². The molecule has 0 aliphatic heterocycles. The number of carbonyl (C=O) groups is 1. The number of aryl methyl sites for hydroxylation is 1. The van der Waals surface area contributed by atoms with Crippen molar-refractivity contribution in [1.82, 2.24) is 9.97 Å². The molecule has 0 fully saturated rings. The molecule has 0 saturated carbocycles. The smallest absolute Gasteiger partial charge is 0.258 e. The normalized spacial score (nSPS) is 10.8. The predicted octanol–water partition coefficient (Wildman–Crippen LogP) is 6.60. The topological polar surface area (TPSA) is 73.3 Å². The third-order valence-corrected chi connectivity index (χ3v) is 6.60. The van der Waals surface area contributed by atoms with Gasteiger partial charge in [-0.2, -0.15) is 0 Å². The number of carbonyl (C=O) groups excluding carboxylic acids is 1. The van der Waals surface area contributed by atoms with Crippen LogP contribution in [0.15, 0.2) is 78.9 Å². The number of aromatic nitrogens is 2. The molecule has 0 unspecified atom stereocenters. The molecule has 2 heterocycles. The van der Waals surface area contributed by atoms with E-state index >= 15 is 0 Å². The minimum absolute atomic E-state index is 0.245. The van der Waals surface area contributed by atoms with Gasteiger partial charge in [0.2, 0.25) is 0 Å². The first-order valence-electron chi connectivity index (χ1n) is 11.0. The van der Waals surface area contributed by atoms with Crippen LogP contribution in [0.2, 0.25) is 0 Å². The van der Waals surface area contributed by atoms with Crippen molar-refractivity contribution in [1.29, 1.82) is 0 Å². The van der Waals surface area contributed by atoms with E-state index in [0.29, 0.717) is 33.4 Å². The van der Waals surface area contributed by atoms with Gasteiger partial charge in [0.05, 0.1) is 36.7 Å². The van der Waals surface area contributed by atoms with Crippen LogP contribution in [0.4, 0.5) is 5.13 Å². The van der Waals surface area contributed by atoms with Gasteiger partial charge in [-0.15, -0.1) is 11.3 Å². The maximum absolute atomic E-state index is 13.5. The van der Waals surface area contributed by atoms with E-state index in [1.54, 1.807) is 26.4 Å². The summed E-state index contributed by atoms with van der Waals surface area (Å²) in [4.78, 5) is 24.0. The third kappa shape index (κ3) is 4.46. The first-order valence-corrected chi connectivity index (χ1v) is 11.9. The molecule has 174 valence electrons. The SMILES string of the molecule is COc1ccc(-c2cc(C(=O)Nc3nc(-c4ccccc4)c(C)s3)c3ccccc3n2)c(OC)c1. The van der Waals surface area contributed by atoms with E-state index in [1.807, 2.05) is 73.7 Å². The molecule has 0 aliphatic rings. The molecule has 35 heavy (non-hydrogen) atoms. The molecule has 0 saturated heterocycles. The van der Waals surface area contributed by atoms with Gasteiger partial charge in [0, 0.05) is 27.5 Å². The van der Waals surface area contributed by atoms with Crippen molar-refractivity contribution in [2.45, 2.75) is 6.92 Å². The Bertz CT molecular complexity index is 1530. The summed E-state index contributed by atoms with van der Waals surface area (Å²) in [7, 11) is 3.21. The van der Waals surface area contributed by atoms with Gasteiger partial charge in [0.15, 0.2) is 5.13 Å². The molecule has 3 aromatic carbocycles. The van der Waals surface area contributed by atoms with Crippen LogP contribution in [0.1, 0.15) is 15.2 Å². The van der Waals surface area contributed by atoms with Gasteiger partial charge >= 0.3 is 0 Å². The molecule has 1 amide bonds. The van der Waals surface area contributed by atoms with E-state index in [2.05, 4.69) is 10.3 Å². The van der Waals surface area contributed by atoms with Gasteiger partial charge in [-0.1, -0.05) is 48.5 Å². The molecular formula is C28H23N3O3S. The first-order chi connectivity index (χ1) is 17.1. The van der Waals surface area contributed by atoms with E-state index in [1.165, 1.54) is 11.3 Å². The Morgan fingerprint density at radius 1 is 0.886 bits per heavy atom. The fourth-order valence-corrected chi connectivity index (χ4v) is 4.82. The van der Waals surface area contributed by atoms with Crippen molar-refractivity contribution >= 4 is 33.3 Å². The molecule has 1 N–H and O–H groups in total. The number of benzene rings is 3. The molecule has 5 rings (SSSR count). The summed E-state index contributed by atoms with van der Waals surface area (Å²) in [5.41, 5.74) is 4.52. The number of hydrogen-bond acceptors (Lipinski definition) is 6. The molecule has 0 spiro atoms. The Labute approximate surface area is 207 Å². The van der Waals surface area contributed by atoms with E-state index in [9.17, 15) is 4.79 Å². The lowest BCUT2D eigenvalue weighted by molar-refractivity contribution is 0.102. The summed E-state index contributed by atoms with van der Waals surface area (Å²) in [5.74, 6) is 1.05. The summed E-state index contributed by atoms with van der Waals surface area (Å²) in [6, 6.07) is 24.9. The number of thiazole rings is 1. The van der Waals surface area contributed by atoms with Crippen molar-refractivity contribution in [2.24, 2.45) is 0 Å². The second-order valence-corrected chi connectivity index (χ2v) is 9.09. The zero-order valence-electron chi connectivity index (χ0n) is 19.5. The number of fused-ring (bicyclic) bond motifs is 1. The number of ether oxygens (including phenoxy) is 2. The van der Waals surface area contributed by atoms with E-state index in [4.69, 9.17) is 14.5 Å². The Balaban J connectivity index is 1.55. The maximum Gasteiger partial charge on any atom is 0.258 e.